The topological polar surface area (TPSA) is 54.4 Å². The minimum absolute atomic E-state index is 0.0289. The molecule has 0 aliphatic rings. The Morgan fingerprint density at radius 3 is 2.14 bits per heavy atom. The Kier molecular flexibility index (Phi) is 7.90. The fourth-order valence-electron chi connectivity index (χ4n) is 1.68. The van der Waals surface area contributed by atoms with Crippen LogP contribution in [0.5, 0.6) is 0 Å². The van der Waals surface area contributed by atoms with Crippen LogP contribution >= 0.6 is 23.2 Å². The molecule has 0 aliphatic heterocycles. The highest BCUT2D eigenvalue weighted by Crippen LogP contribution is 2.32. The zero-order chi connectivity index (χ0) is 16.6. The van der Waals surface area contributed by atoms with E-state index in [1.807, 2.05) is 30.3 Å². The summed E-state index contributed by atoms with van der Waals surface area (Å²) in [6, 6.07) is 13.6. The number of hydrogen-bond acceptors (Lipinski definition) is 2. The van der Waals surface area contributed by atoms with Gasteiger partial charge in [0.15, 0.2) is 0 Å². The largest absolute Gasteiger partial charge is 0.296 e. The zero-order valence-corrected chi connectivity index (χ0v) is 14.5. The van der Waals surface area contributed by atoms with Gasteiger partial charge >= 0.3 is 0 Å². The number of hydrogen-bond donors (Lipinski definition) is 1. The highest BCUT2D eigenvalue weighted by molar-refractivity contribution is 7.86. The first-order chi connectivity index (χ1) is 10.4. The molecular formula is C16H18Cl2O3S. The molecule has 0 fully saturated rings. The van der Waals surface area contributed by atoms with Crippen LogP contribution in [0.15, 0.2) is 53.4 Å². The van der Waals surface area contributed by atoms with Crippen molar-refractivity contribution in [2.24, 2.45) is 0 Å². The molecule has 0 aliphatic carbocycles. The van der Waals surface area contributed by atoms with Gasteiger partial charge in [0, 0.05) is 11.4 Å². The Balaban J connectivity index is 0.000000422. The molecule has 0 saturated carbocycles. The Bertz CT molecular complexity index is 684. The summed E-state index contributed by atoms with van der Waals surface area (Å²) in [6.45, 7) is 2.13. The molecule has 6 heteroatoms. The molecule has 0 unspecified atom stereocenters. The van der Waals surface area contributed by atoms with Crippen LogP contribution in [-0.4, -0.2) is 18.9 Å². The summed E-state index contributed by atoms with van der Waals surface area (Å²) in [4.78, 5) is -0.277. The Morgan fingerprint density at radius 1 is 1.05 bits per heavy atom. The average Bonchev–Trinajstić information content (AvgIpc) is 2.48. The predicted molar refractivity (Wildman–Crippen MR) is 92.3 cm³/mol. The number of alkyl halides is 1. The average molecular weight is 361 g/mol. The maximum absolute atomic E-state index is 11.1. The van der Waals surface area contributed by atoms with E-state index in [1.165, 1.54) is 18.6 Å². The van der Waals surface area contributed by atoms with Crippen LogP contribution in [-0.2, 0) is 10.1 Å². The minimum Gasteiger partial charge on any atom is -0.282 e. The summed E-state index contributed by atoms with van der Waals surface area (Å²) < 4.78 is 31.2. The fourth-order valence-corrected chi connectivity index (χ4v) is 3.07. The van der Waals surface area contributed by atoms with E-state index in [-0.39, 0.29) is 9.92 Å². The third-order valence-electron chi connectivity index (χ3n) is 2.81. The lowest BCUT2D eigenvalue weighted by molar-refractivity contribution is 0.483. The van der Waals surface area contributed by atoms with Gasteiger partial charge in [-0.1, -0.05) is 67.4 Å². The highest BCUT2D eigenvalue weighted by atomic mass is 35.5. The van der Waals surface area contributed by atoms with Crippen LogP contribution in [0.2, 0.25) is 5.02 Å². The zero-order valence-electron chi connectivity index (χ0n) is 12.2. The van der Waals surface area contributed by atoms with Crippen LogP contribution in [0.4, 0.5) is 0 Å². The second-order valence-corrected chi connectivity index (χ2v) is 6.65. The summed E-state index contributed by atoms with van der Waals surface area (Å²) in [6.07, 6.45) is 2.37. The molecule has 120 valence electrons. The predicted octanol–water partition coefficient (Wildman–Crippen LogP) is 5.28. The van der Waals surface area contributed by atoms with E-state index in [0.717, 1.165) is 17.9 Å². The molecule has 22 heavy (non-hydrogen) atoms. The van der Waals surface area contributed by atoms with E-state index in [9.17, 15) is 8.42 Å². The fraction of sp³-hybridized carbons (Fsp3) is 0.250. The van der Waals surface area contributed by atoms with Gasteiger partial charge in [-0.2, -0.15) is 8.42 Å². The third kappa shape index (κ3) is 5.61. The number of benzene rings is 2. The molecule has 0 radical (unpaired) electrons. The standard InChI is InChI=1S/C12H9ClO3S.C4H9Cl/c13-12-10(9-5-2-1-3-6-9)7-4-8-11(12)17(14,15)16;1-2-3-4-5/h1-8H,(H,14,15,16);2-4H2,1H3. The second kappa shape index (κ2) is 9.16. The highest BCUT2D eigenvalue weighted by Gasteiger charge is 2.17. The summed E-state index contributed by atoms with van der Waals surface area (Å²) in [5.74, 6) is 0.816. The molecule has 2 rings (SSSR count). The van der Waals surface area contributed by atoms with Crippen LogP contribution < -0.4 is 0 Å². The van der Waals surface area contributed by atoms with Crippen molar-refractivity contribution in [3.8, 4) is 11.1 Å². The van der Waals surface area contributed by atoms with E-state index < -0.39 is 10.1 Å². The number of rotatable bonds is 4. The maximum Gasteiger partial charge on any atom is 0.296 e. The molecule has 0 heterocycles. The van der Waals surface area contributed by atoms with Gasteiger partial charge in [-0.3, -0.25) is 4.55 Å². The van der Waals surface area contributed by atoms with Gasteiger partial charge in [0.05, 0.1) is 5.02 Å². The van der Waals surface area contributed by atoms with Crippen LogP contribution in [0.1, 0.15) is 19.8 Å². The third-order valence-corrected chi connectivity index (χ3v) is 4.50. The van der Waals surface area contributed by atoms with E-state index in [2.05, 4.69) is 6.92 Å². The lowest BCUT2D eigenvalue weighted by Gasteiger charge is -2.07. The summed E-state index contributed by atoms with van der Waals surface area (Å²) in [5.41, 5.74) is 1.37. The summed E-state index contributed by atoms with van der Waals surface area (Å²) in [7, 11) is -4.30. The van der Waals surface area contributed by atoms with E-state index in [0.29, 0.717) is 5.56 Å². The van der Waals surface area contributed by atoms with Gasteiger partial charge in [0.25, 0.3) is 10.1 Å². The summed E-state index contributed by atoms with van der Waals surface area (Å²) in [5, 5.41) is 0.0289. The SMILES string of the molecule is CCCCCl.O=S(=O)(O)c1cccc(-c2ccccc2)c1Cl. The van der Waals surface area contributed by atoms with Crippen molar-refractivity contribution in [1.29, 1.82) is 0 Å². The van der Waals surface area contributed by atoms with Crippen LogP contribution in [0.3, 0.4) is 0 Å². The second-order valence-electron chi connectivity index (χ2n) is 4.50. The monoisotopic (exact) mass is 360 g/mol. The van der Waals surface area contributed by atoms with Crippen molar-refractivity contribution < 1.29 is 13.0 Å². The van der Waals surface area contributed by atoms with E-state index in [4.69, 9.17) is 27.8 Å². The Labute approximate surface area is 141 Å². The van der Waals surface area contributed by atoms with Gasteiger partial charge in [-0.05, 0) is 18.1 Å². The quantitative estimate of drug-likeness (QED) is 0.595. The normalized spacial score (nSPS) is 10.7. The number of unbranched alkanes of at least 4 members (excludes halogenated alkanes) is 1. The maximum atomic E-state index is 11.1. The lowest BCUT2D eigenvalue weighted by atomic mass is 10.1. The first-order valence-electron chi connectivity index (χ1n) is 6.79. The lowest BCUT2D eigenvalue weighted by Crippen LogP contribution is -1.99. The van der Waals surface area contributed by atoms with Crippen molar-refractivity contribution in [3.63, 3.8) is 0 Å². The smallest absolute Gasteiger partial charge is 0.282 e. The molecule has 0 spiro atoms. The molecule has 2 aromatic carbocycles. The first-order valence-corrected chi connectivity index (χ1v) is 9.14. The van der Waals surface area contributed by atoms with E-state index >= 15 is 0 Å². The molecule has 1 N–H and O–H groups in total. The molecule has 0 aromatic heterocycles. The Morgan fingerprint density at radius 2 is 1.68 bits per heavy atom. The first kappa shape index (κ1) is 19.0. The van der Waals surface area contributed by atoms with Gasteiger partial charge in [-0.25, -0.2) is 0 Å². The molecule has 2 aromatic rings. The minimum atomic E-state index is -4.30. The molecule has 0 atom stereocenters. The molecule has 3 nitrogen and oxygen atoms in total. The summed E-state index contributed by atoms with van der Waals surface area (Å²) >= 11 is 11.3. The number of halogens is 2. The molecular weight excluding hydrogens is 343 g/mol. The van der Waals surface area contributed by atoms with Gasteiger partial charge in [-0.15, -0.1) is 11.6 Å². The van der Waals surface area contributed by atoms with Crippen LogP contribution in [0, 0.1) is 0 Å². The van der Waals surface area contributed by atoms with Gasteiger partial charge in [0.1, 0.15) is 4.90 Å². The van der Waals surface area contributed by atoms with E-state index in [1.54, 1.807) is 6.07 Å². The van der Waals surface area contributed by atoms with Crippen molar-refractivity contribution in [2.75, 3.05) is 5.88 Å². The van der Waals surface area contributed by atoms with Crippen molar-refractivity contribution >= 4 is 33.3 Å². The molecule has 0 saturated heterocycles. The molecule has 0 bridgehead atoms. The van der Waals surface area contributed by atoms with Gasteiger partial charge < -0.3 is 0 Å². The Hall–Kier alpha value is -1.07. The molecule has 0 amide bonds. The van der Waals surface area contributed by atoms with Crippen molar-refractivity contribution in [2.45, 2.75) is 24.7 Å². The van der Waals surface area contributed by atoms with Crippen molar-refractivity contribution in [3.05, 3.63) is 53.6 Å². The van der Waals surface area contributed by atoms with Crippen molar-refractivity contribution in [1.82, 2.24) is 0 Å². The van der Waals surface area contributed by atoms with Gasteiger partial charge in [0.2, 0.25) is 0 Å². The van der Waals surface area contributed by atoms with Crippen LogP contribution in [0.25, 0.3) is 11.1 Å².